The third-order valence-corrected chi connectivity index (χ3v) is 1.12. The molecule has 0 aliphatic rings. The largest absolute Gasteiger partial charge is 0.460 e. The van der Waals surface area contributed by atoms with Crippen molar-refractivity contribution in [3.63, 3.8) is 0 Å². The first-order chi connectivity index (χ1) is 6.11. The van der Waals surface area contributed by atoms with Crippen LogP contribution in [0, 0.1) is 0 Å². The van der Waals surface area contributed by atoms with Crippen LogP contribution in [-0.2, 0) is 19.1 Å². The summed E-state index contributed by atoms with van der Waals surface area (Å²) >= 11 is 0. The zero-order valence-corrected chi connectivity index (χ0v) is 8.12. The quantitative estimate of drug-likeness (QED) is 0.378. The molecule has 0 aliphatic heterocycles. The van der Waals surface area contributed by atoms with E-state index in [2.05, 4.69) is 9.47 Å². The van der Waals surface area contributed by atoms with E-state index in [9.17, 15) is 9.59 Å². The minimum atomic E-state index is -0.598. The summed E-state index contributed by atoms with van der Waals surface area (Å²) in [6, 6.07) is 0. The van der Waals surface area contributed by atoms with Gasteiger partial charge in [0, 0.05) is 6.92 Å². The lowest BCUT2D eigenvalue weighted by Gasteiger charge is -2.05. The second kappa shape index (κ2) is 6.22. The third kappa shape index (κ3) is 5.00. The van der Waals surface area contributed by atoms with E-state index < -0.39 is 11.9 Å². The Hall–Kier alpha value is -1.32. The lowest BCUT2D eigenvalue weighted by molar-refractivity contribution is -0.150. The van der Waals surface area contributed by atoms with Gasteiger partial charge in [0.25, 0.3) is 0 Å². The number of hydrogen-bond acceptors (Lipinski definition) is 4. The molecule has 0 unspecified atom stereocenters. The standard InChI is InChI=1S/C9H14O4/c1-4-6-8(13-7(3)10)9(11)12-5-2/h6H,4-5H2,1-3H3/b8-6-. The summed E-state index contributed by atoms with van der Waals surface area (Å²) in [5.74, 6) is -1.15. The summed E-state index contributed by atoms with van der Waals surface area (Å²) in [5, 5.41) is 0. The zero-order chi connectivity index (χ0) is 10.3. The van der Waals surface area contributed by atoms with Crippen LogP contribution in [0.4, 0.5) is 0 Å². The summed E-state index contributed by atoms with van der Waals surface area (Å²) in [5.41, 5.74) is 0. The Kier molecular flexibility index (Phi) is 5.59. The van der Waals surface area contributed by atoms with Gasteiger partial charge in [-0.05, 0) is 19.4 Å². The molecule has 0 aromatic rings. The number of rotatable bonds is 4. The number of ether oxygens (including phenoxy) is 2. The fraction of sp³-hybridized carbons (Fsp3) is 0.556. The van der Waals surface area contributed by atoms with Crippen molar-refractivity contribution in [2.75, 3.05) is 6.61 Å². The number of esters is 2. The molecule has 0 radical (unpaired) electrons. The average molecular weight is 186 g/mol. The van der Waals surface area contributed by atoms with Gasteiger partial charge in [-0.15, -0.1) is 0 Å². The Morgan fingerprint density at radius 1 is 1.31 bits per heavy atom. The van der Waals surface area contributed by atoms with E-state index in [1.807, 2.05) is 6.92 Å². The van der Waals surface area contributed by atoms with Crippen molar-refractivity contribution in [3.8, 4) is 0 Å². The van der Waals surface area contributed by atoms with E-state index in [-0.39, 0.29) is 12.4 Å². The van der Waals surface area contributed by atoms with E-state index in [1.54, 1.807) is 6.92 Å². The van der Waals surface area contributed by atoms with Gasteiger partial charge in [-0.3, -0.25) is 4.79 Å². The lowest BCUT2D eigenvalue weighted by atomic mass is 10.4. The van der Waals surface area contributed by atoms with Crippen molar-refractivity contribution in [2.45, 2.75) is 27.2 Å². The van der Waals surface area contributed by atoms with Crippen LogP contribution in [0.25, 0.3) is 0 Å². The van der Waals surface area contributed by atoms with Gasteiger partial charge in [0.1, 0.15) is 0 Å². The van der Waals surface area contributed by atoms with Crippen LogP contribution in [0.3, 0.4) is 0 Å². The van der Waals surface area contributed by atoms with Crippen molar-refractivity contribution in [2.24, 2.45) is 0 Å². The van der Waals surface area contributed by atoms with E-state index in [4.69, 9.17) is 0 Å². The molecule has 4 nitrogen and oxygen atoms in total. The maximum absolute atomic E-state index is 11.1. The van der Waals surface area contributed by atoms with Crippen LogP contribution >= 0.6 is 0 Å². The molecule has 13 heavy (non-hydrogen) atoms. The highest BCUT2D eigenvalue weighted by Crippen LogP contribution is 2.02. The van der Waals surface area contributed by atoms with Crippen molar-refractivity contribution in [1.29, 1.82) is 0 Å². The topological polar surface area (TPSA) is 52.6 Å². The molecule has 0 bridgehead atoms. The van der Waals surface area contributed by atoms with Crippen LogP contribution in [-0.4, -0.2) is 18.5 Å². The van der Waals surface area contributed by atoms with E-state index in [0.29, 0.717) is 6.42 Å². The van der Waals surface area contributed by atoms with Gasteiger partial charge in [0.2, 0.25) is 5.76 Å². The number of carbonyl (C=O) groups excluding carboxylic acids is 2. The van der Waals surface area contributed by atoms with Gasteiger partial charge >= 0.3 is 11.9 Å². The van der Waals surface area contributed by atoms with E-state index in [0.717, 1.165) is 0 Å². The first-order valence-corrected chi connectivity index (χ1v) is 4.17. The Bertz CT molecular complexity index is 218. The number of carbonyl (C=O) groups is 2. The summed E-state index contributed by atoms with van der Waals surface area (Å²) in [7, 11) is 0. The predicted octanol–water partition coefficient (Wildman–Crippen LogP) is 1.41. The molecule has 0 aromatic carbocycles. The van der Waals surface area contributed by atoms with Gasteiger partial charge in [-0.25, -0.2) is 4.79 Å². The monoisotopic (exact) mass is 186 g/mol. The molecule has 0 rings (SSSR count). The van der Waals surface area contributed by atoms with Gasteiger partial charge in [-0.2, -0.15) is 0 Å². The third-order valence-electron chi connectivity index (χ3n) is 1.12. The van der Waals surface area contributed by atoms with Crippen LogP contribution in [0.5, 0.6) is 0 Å². The highest BCUT2D eigenvalue weighted by molar-refractivity contribution is 5.89. The second-order valence-electron chi connectivity index (χ2n) is 2.29. The Morgan fingerprint density at radius 3 is 2.31 bits per heavy atom. The minimum Gasteiger partial charge on any atom is -0.460 e. The molecular weight excluding hydrogens is 172 g/mol. The molecule has 0 amide bonds. The SMILES string of the molecule is CC/C=C(\OC(C)=O)C(=O)OCC. The van der Waals surface area contributed by atoms with Gasteiger partial charge < -0.3 is 9.47 Å². The molecule has 0 N–H and O–H groups in total. The smallest absolute Gasteiger partial charge is 0.374 e. The molecule has 0 aliphatic carbocycles. The fourth-order valence-electron chi connectivity index (χ4n) is 0.709. The number of allylic oxidation sites excluding steroid dienone is 1. The molecule has 0 heterocycles. The predicted molar refractivity (Wildman–Crippen MR) is 46.8 cm³/mol. The molecule has 4 heteroatoms. The molecule has 0 atom stereocenters. The molecule has 0 saturated carbocycles. The molecule has 0 fully saturated rings. The van der Waals surface area contributed by atoms with E-state index >= 15 is 0 Å². The van der Waals surface area contributed by atoms with Gasteiger partial charge in [0.05, 0.1) is 6.61 Å². The molecule has 0 saturated heterocycles. The van der Waals surface area contributed by atoms with Crippen LogP contribution in [0.1, 0.15) is 27.2 Å². The number of hydrogen-bond donors (Lipinski definition) is 0. The zero-order valence-electron chi connectivity index (χ0n) is 8.12. The van der Waals surface area contributed by atoms with Crippen molar-refractivity contribution >= 4 is 11.9 Å². The maximum Gasteiger partial charge on any atom is 0.374 e. The first kappa shape index (κ1) is 11.7. The molecule has 0 spiro atoms. The second-order valence-corrected chi connectivity index (χ2v) is 2.29. The van der Waals surface area contributed by atoms with Gasteiger partial charge in [-0.1, -0.05) is 6.92 Å². The Balaban J connectivity index is 4.33. The van der Waals surface area contributed by atoms with Gasteiger partial charge in [0.15, 0.2) is 0 Å². The van der Waals surface area contributed by atoms with Crippen LogP contribution < -0.4 is 0 Å². The van der Waals surface area contributed by atoms with Crippen LogP contribution in [0.15, 0.2) is 11.8 Å². The van der Waals surface area contributed by atoms with Crippen molar-refractivity contribution in [3.05, 3.63) is 11.8 Å². The van der Waals surface area contributed by atoms with Crippen molar-refractivity contribution in [1.82, 2.24) is 0 Å². The lowest BCUT2D eigenvalue weighted by Crippen LogP contribution is -2.12. The summed E-state index contributed by atoms with van der Waals surface area (Å²) < 4.78 is 9.33. The first-order valence-electron chi connectivity index (χ1n) is 4.17. The average Bonchev–Trinajstić information content (AvgIpc) is 2.03. The highest BCUT2D eigenvalue weighted by atomic mass is 16.6. The van der Waals surface area contributed by atoms with E-state index in [1.165, 1.54) is 13.0 Å². The maximum atomic E-state index is 11.1. The molecular formula is C9H14O4. The normalized spacial score (nSPS) is 10.8. The summed E-state index contributed by atoms with van der Waals surface area (Å²) in [6.45, 7) is 5.03. The fourth-order valence-corrected chi connectivity index (χ4v) is 0.709. The Morgan fingerprint density at radius 2 is 1.92 bits per heavy atom. The highest BCUT2D eigenvalue weighted by Gasteiger charge is 2.13. The summed E-state index contributed by atoms with van der Waals surface area (Å²) in [6.07, 6.45) is 2.13. The summed E-state index contributed by atoms with van der Waals surface area (Å²) in [4.78, 5) is 21.7. The van der Waals surface area contributed by atoms with Crippen molar-refractivity contribution < 1.29 is 19.1 Å². The molecule has 74 valence electrons. The Labute approximate surface area is 77.5 Å². The molecule has 0 aromatic heterocycles. The minimum absolute atomic E-state index is 0.0307. The van der Waals surface area contributed by atoms with Crippen LogP contribution in [0.2, 0.25) is 0 Å².